The van der Waals surface area contributed by atoms with Crippen LogP contribution in [-0.4, -0.2) is 9.15 Å². The largest absolute Gasteiger partial charge is 0.0875 e. The van der Waals surface area contributed by atoms with Gasteiger partial charge in [0.1, 0.15) is 0 Å². The fourth-order valence-corrected chi connectivity index (χ4v) is 4.81. The molecule has 0 aromatic rings. The smallest absolute Gasteiger partial charge is 0.0388 e. The molecule has 3 aliphatic carbocycles. The summed E-state index contributed by atoms with van der Waals surface area (Å²) in [4.78, 5) is 0.668. The molecule has 3 fully saturated rings. The molecule has 0 aromatic heterocycles. The van der Waals surface area contributed by atoms with E-state index < -0.39 is 0 Å². The van der Waals surface area contributed by atoms with Crippen molar-refractivity contribution in [1.29, 1.82) is 0 Å². The first-order valence-corrected chi connectivity index (χ1v) is 6.40. The molecule has 2 heteroatoms. The third kappa shape index (κ3) is 1.00. The molecule has 3 aliphatic rings. The first-order valence-electron chi connectivity index (χ1n) is 4.69. The summed E-state index contributed by atoms with van der Waals surface area (Å²) in [5, 5.41) is 0. The van der Waals surface area contributed by atoms with Crippen LogP contribution in [0.15, 0.2) is 0 Å². The monoisotopic (exact) mass is 294 g/mol. The molecule has 4 unspecified atom stereocenters. The van der Waals surface area contributed by atoms with Crippen LogP contribution >= 0.6 is 31.9 Å². The second kappa shape index (κ2) is 2.50. The summed E-state index contributed by atoms with van der Waals surface area (Å²) in [6, 6.07) is 0. The lowest BCUT2D eigenvalue weighted by Gasteiger charge is -2.64. The minimum atomic E-state index is 0.325. The van der Waals surface area contributed by atoms with Gasteiger partial charge in [-0.25, -0.2) is 0 Å². The van der Waals surface area contributed by atoms with Crippen molar-refractivity contribution < 1.29 is 0 Å². The third-order valence-electron chi connectivity index (χ3n) is 4.26. The van der Waals surface area contributed by atoms with E-state index in [1.807, 2.05) is 0 Å². The SMILES string of the molecule is CC1(C)C2CC(Br)C(C)(Br)C1C2. The molecule has 0 heterocycles. The molecule has 0 saturated heterocycles. The summed E-state index contributed by atoms with van der Waals surface area (Å²) in [5.74, 6) is 1.81. The van der Waals surface area contributed by atoms with E-state index in [4.69, 9.17) is 0 Å². The molecule has 0 radical (unpaired) electrons. The molecule has 0 aliphatic heterocycles. The topological polar surface area (TPSA) is 0 Å². The van der Waals surface area contributed by atoms with Gasteiger partial charge < -0.3 is 0 Å². The van der Waals surface area contributed by atoms with Gasteiger partial charge in [0.15, 0.2) is 0 Å². The Bertz CT molecular complexity index is 208. The molecule has 2 bridgehead atoms. The summed E-state index contributed by atoms with van der Waals surface area (Å²) in [7, 11) is 0. The van der Waals surface area contributed by atoms with E-state index in [0.717, 1.165) is 11.8 Å². The van der Waals surface area contributed by atoms with Gasteiger partial charge in [-0.2, -0.15) is 0 Å². The number of hydrogen-bond donors (Lipinski definition) is 0. The van der Waals surface area contributed by atoms with Crippen LogP contribution in [0.25, 0.3) is 0 Å². The van der Waals surface area contributed by atoms with Crippen LogP contribution in [0.1, 0.15) is 33.6 Å². The van der Waals surface area contributed by atoms with Crippen molar-refractivity contribution in [2.45, 2.75) is 42.8 Å². The molecule has 12 heavy (non-hydrogen) atoms. The van der Waals surface area contributed by atoms with Crippen molar-refractivity contribution in [1.82, 2.24) is 0 Å². The van der Waals surface area contributed by atoms with Crippen molar-refractivity contribution in [3.63, 3.8) is 0 Å². The van der Waals surface area contributed by atoms with Crippen molar-refractivity contribution in [2.75, 3.05) is 0 Å². The molecule has 4 atom stereocenters. The quantitative estimate of drug-likeness (QED) is 0.593. The Kier molecular flexibility index (Phi) is 1.98. The first-order chi connectivity index (χ1) is 5.37. The van der Waals surface area contributed by atoms with E-state index >= 15 is 0 Å². The lowest BCUT2D eigenvalue weighted by atomic mass is 9.46. The second-order valence-electron chi connectivity index (χ2n) is 5.16. The zero-order valence-corrected chi connectivity index (χ0v) is 11.1. The van der Waals surface area contributed by atoms with Gasteiger partial charge in [-0.05, 0) is 37.0 Å². The predicted octanol–water partition coefficient (Wildman–Crippen LogP) is 3.97. The van der Waals surface area contributed by atoms with Gasteiger partial charge in [-0.15, -0.1) is 0 Å². The van der Waals surface area contributed by atoms with Gasteiger partial charge in [0.2, 0.25) is 0 Å². The van der Waals surface area contributed by atoms with Gasteiger partial charge in [0, 0.05) is 9.15 Å². The standard InChI is InChI=1S/C10H16Br2/c1-9(2)6-4-7(9)10(3,12)8(11)5-6/h6-8H,4-5H2,1-3H3. The van der Waals surface area contributed by atoms with Crippen molar-refractivity contribution in [2.24, 2.45) is 17.3 Å². The molecule has 0 nitrogen and oxygen atoms in total. The summed E-state index contributed by atoms with van der Waals surface area (Å²) in [6.07, 6.45) is 2.77. The Morgan fingerprint density at radius 3 is 2.08 bits per heavy atom. The van der Waals surface area contributed by atoms with Gasteiger partial charge in [0.25, 0.3) is 0 Å². The molecule has 0 amide bonds. The number of rotatable bonds is 0. The summed E-state index contributed by atoms with van der Waals surface area (Å²) in [5.41, 5.74) is 0.572. The van der Waals surface area contributed by atoms with E-state index in [9.17, 15) is 0 Å². The van der Waals surface area contributed by atoms with Crippen LogP contribution in [-0.2, 0) is 0 Å². The predicted molar refractivity (Wildman–Crippen MR) is 60.0 cm³/mol. The maximum Gasteiger partial charge on any atom is 0.0388 e. The average Bonchev–Trinajstić information content (AvgIpc) is 1.93. The van der Waals surface area contributed by atoms with Crippen molar-refractivity contribution in [3.05, 3.63) is 0 Å². The molecular formula is C10H16Br2. The highest BCUT2D eigenvalue weighted by atomic mass is 79.9. The Balaban J connectivity index is 2.27. The van der Waals surface area contributed by atoms with Gasteiger partial charge in [-0.1, -0.05) is 45.7 Å². The van der Waals surface area contributed by atoms with Crippen LogP contribution in [0.4, 0.5) is 0 Å². The molecule has 3 saturated carbocycles. The molecule has 3 rings (SSSR count). The van der Waals surface area contributed by atoms with E-state index in [1.165, 1.54) is 12.8 Å². The molecule has 70 valence electrons. The lowest BCUT2D eigenvalue weighted by Crippen LogP contribution is -2.62. The van der Waals surface area contributed by atoms with Crippen LogP contribution in [0, 0.1) is 17.3 Å². The Morgan fingerprint density at radius 1 is 1.17 bits per heavy atom. The highest BCUT2D eigenvalue weighted by molar-refractivity contribution is 9.12. The average molecular weight is 296 g/mol. The van der Waals surface area contributed by atoms with E-state index in [-0.39, 0.29) is 0 Å². The van der Waals surface area contributed by atoms with Gasteiger partial charge in [-0.3, -0.25) is 0 Å². The molecule has 0 spiro atoms. The summed E-state index contributed by atoms with van der Waals surface area (Å²) >= 11 is 7.68. The van der Waals surface area contributed by atoms with Crippen LogP contribution in [0.5, 0.6) is 0 Å². The van der Waals surface area contributed by atoms with Crippen molar-refractivity contribution >= 4 is 31.9 Å². The Hall–Kier alpha value is 0.960. The normalized spacial score (nSPS) is 56.2. The molecule has 0 N–H and O–H groups in total. The van der Waals surface area contributed by atoms with Gasteiger partial charge >= 0.3 is 0 Å². The first kappa shape index (κ1) is 9.51. The van der Waals surface area contributed by atoms with Crippen LogP contribution in [0.3, 0.4) is 0 Å². The second-order valence-corrected chi connectivity index (χ2v) is 7.98. The maximum absolute atomic E-state index is 3.89. The van der Waals surface area contributed by atoms with Crippen molar-refractivity contribution in [3.8, 4) is 0 Å². The maximum atomic E-state index is 3.89. The highest BCUT2D eigenvalue weighted by Crippen LogP contribution is 2.66. The number of alkyl halides is 2. The number of halogens is 2. The Morgan fingerprint density at radius 2 is 1.75 bits per heavy atom. The minimum absolute atomic E-state index is 0.325. The van der Waals surface area contributed by atoms with E-state index in [1.54, 1.807) is 0 Å². The molecular weight excluding hydrogens is 280 g/mol. The van der Waals surface area contributed by atoms with Gasteiger partial charge in [0.05, 0.1) is 0 Å². The highest BCUT2D eigenvalue weighted by Gasteiger charge is 2.61. The number of fused-ring (bicyclic) bond motifs is 2. The van der Waals surface area contributed by atoms with E-state index in [2.05, 4.69) is 52.6 Å². The fourth-order valence-electron chi connectivity index (χ4n) is 3.07. The lowest BCUT2D eigenvalue weighted by molar-refractivity contribution is -0.0785. The molecule has 0 aromatic carbocycles. The third-order valence-corrected chi connectivity index (χ3v) is 7.30. The summed E-state index contributed by atoms with van der Waals surface area (Å²) < 4.78 is 0.325. The minimum Gasteiger partial charge on any atom is -0.0875 e. The Labute approximate surface area is 91.7 Å². The zero-order chi connectivity index (χ0) is 9.15. The van der Waals surface area contributed by atoms with Crippen LogP contribution in [0.2, 0.25) is 0 Å². The fraction of sp³-hybridized carbons (Fsp3) is 1.00. The van der Waals surface area contributed by atoms with E-state index in [0.29, 0.717) is 14.6 Å². The number of hydrogen-bond acceptors (Lipinski definition) is 0. The summed E-state index contributed by atoms with van der Waals surface area (Å²) in [6.45, 7) is 7.18. The van der Waals surface area contributed by atoms with Crippen LogP contribution < -0.4 is 0 Å². The zero-order valence-electron chi connectivity index (χ0n) is 7.90.